The van der Waals surface area contributed by atoms with Crippen LogP contribution in [-0.2, 0) is 5.41 Å². The highest BCUT2D eigenvalue weighted by atomic mass is 32.1. The Morgan fingerprint density at radius 3 is 2.26 bits per heavy atom. The van der Waals surface area contributed by atoms with Gasteiger partial charge in [-0.3, -0.25) is 0 Å². The maximum absolute atomic E-state index is 5.05. The van der Waals surface area contributed by atoms with E-state index in [9.17, 15) is 0 Å². The summed E-state index contributed by atoms with van der Waals surface area (Å²) in [6.07, 6.45) is 0. The van der Waals surface area contributed by atoms with Crippen LogP contribution in [0.2, 0.25) is 0 Å². The third-order valence-electron chi connectivity index (χ3n) is 3.97. The molecule has 0 bridgehead atoms. The fraction of sp³-hybridized carbons (Fsp3) is 0.200. The molecule has 0 aliphatic carbocycles. The van der Waals surface area contributed by atoms with Gasteiger partial charge in [0, 0.05) is 21.1 Å². The second-order valence-corrected chi connectivity index (χ2v) is 7.82. The Kier molecular flexibility index (Phi) is 3.20. The Hall–Kier alpha value is -2.26. The average molecular weight is 318 g/mol. The second-order valence-electron chi connectivity index (χ2n) is 6.79. The first-order valence-corrected chi connectivity index (χ1v) is 8.61. The van der Waals surface area contributed by atoms with Gasteiger partial charge in [0.2, 0.25) is 0 Å². The topological polar surface area (TPSA) is 25.8 Å². The van der Waals surface area contributed by atoms with Crippen LogP contribution in [0.25, 0.3) is 31.7 Å². The molecule has 2 heterocycles. The molecule has 0 fully saturated rings. The zero-order valence-electron chi connectivity index (χ0n) is 13.5. The highest BCUT2D eigenvalue weighted by Crippen LogP contribution is 2.37. The van der Waals surface area contributed by atoms with E-state index in [1.54, 1.807) is 11.3 Å². The maximum atomic E-state index is 5.05. The SMILES string of the molecule is CC(C)(C)c1nc2sc3ccccc3c2nc1-c1ccccc1. The van der Waals surface area contributed by atoms with Crippen molar-refractivity contribution in [1.82, 2.24) is 9.97 Å². The number of rotatable bonds is 1. The molecule has 0 saturated heterocycles. The van der Waals surface area contributed by atoms with Gasteiger partial charge >= 0.3 is 0 Å². The minimum atomic E-state index is -0.0530. The van der Waals surface area contributed by atoms with Crippen LogP contribution in [-0.4, -0.2) is 9.97 Å². The lowest BCUT2D eigenvalue weighted by atomic mass is 9.88. The van der Waals surface area contributed by atoms with Gasteiger partial charge < -0.3 is 0 Å². The van der Waals surface area contributed by atoms with Gasteiger partial charge in [0.15, 0.2) is 0 Å². The molecule has 2 nitrogen and oxygen atoms in total. The van der Waals surface area contributed by atoms with E-state index in [1.807, 2.05) is 6.07 Å². The van der Waals surface area contributed by atoms with Gasteiger partial charge in [-0.2, -0.15) is 0 Å². The fourth-order valence-corrected chi connectivity index (χ4v) is 3.86. The Balaban J connectivity index is 2.11. The van der Waals surface area contributed by atoms with Crippen LogP contribution >= 0.6 is 11.3 Å². The summed E-state index contributed by atoms with van der Waals surface area (Å²) in [6, 6.07) is 18.8. The van der Waals surface area contributed by atoms with Gasteiger partial charge in [-0.15, -0.1) is 11.3 Å². The summed E-state index contributed by atoms with van der Waals surface area (Å²) in [5.74, 6) is 0. The summed E-state index contributed by atoms with van der Waals surface area (Å²) in [5, 5.41) is 1.19. The molecule has 0 atom stereocenters. The van der Waals surface area contributed by atoms with E-state index in [-0.39, 0.29) is 5.41 Å². The molecule has 0 unspecified atom stereocenters. The molecule has 0 aliphatic rings. The summed E-state index contributed by atoms with van der Waals surface area (Å²) in [7, 11) is 0. The van der Waals surface area contributed by atoms with E-state index in [2.05, 4.69) is 69.3 Å². The molecule has 0 saturated carbocycles. The van der Waals surface area contributed by atoms with Crippen LogP contribution in [0.5, 0.6) is 0 Å². The molecule has 4 rings (SSSR count). The summed E-state index contributed by atoms with van der Waals surface area (Å²) in [6.45, 7) is 6.59. The number of aromatic nitrogens is 2. The van der Waals surface area contributed by atoms with Gasteiger partial charge in [-0.1, -0.05) is 69.3 Å². The summed E-state index contributed by atoms with van der Waals surface area (Å²) < 4.78 is 1.24. The van der Waals surface area contributed by atoms with E-state index in [4.69, 9.17) is 9.97 Å². The van der Waals surface area contributed by atoms with Crippen molar-refractivity contribution in [2.75, 3.05) is 0 Å². The van der Waals surface area contributed by atoms with E-state index in [0.717, 1.165) is 27.3 Å². The van der Waals surface area contributed by atoms with Crippen LogP contribution in [0.15, 0.2) is 54.6 Å². The molecule has 0 spiro atoms. The third-order valence-corrected chi connectivity index (χ3v) is 5.02. The van der Waals surface area contributed by atoms with Crippen LogP contribution < -0.4 is 0 Å². The molecule has 114 valence electrons. The van der Waals surface area contributed by atoms with Gasteiger partial charge in [-0.05, 0) is 6.07 Å². The minimum absolute atomic E-state index is 0.0530. The quantitative estimate of drug-likeness (QED) is 0.442. The normalized spacial score (nSPS) is 12.1. The fourth-order valence-electron chi connectivity index (χ4n) is 2.84. The van der Waals surface area contributed by atoms with Crippen molar-refractivity contribution < 1.29 is 0 Å². The zero-order chi connectivity index (χ0) is 16.0. The molecule has 2 aromatic heterocycles. The number of benzene rings is 2. The molecule has 0 radical (unpaired) electrons. The predicted octanol–water partition coefficient (Wildman–Crippen LogP) is 5.81. The van der Waals surface area contributed by atoms with Crippen molar-refractivity contribution in [3.8, 4) is 11.3 Å². The highest BCUT2D eigenvalue weighted by molar-refractivity contribution is 7.25. The van der Waals surface area contributed by atoms with Crippen LogP contribution in [0.1, 0.15) is 26.5 Å². The summed E-state index contributed by atoms with van der Waals surface area (Å²) >= 11 is 1.72. The molecule has 0 N–H and O–H groups in total. The van der Waals surface area contributed by atoms with Crippen LogP contribution in [0, 0.1) is 0 Å². The summed E-state index contributed by atoms with van der Waals surface area (Å²) in [5.41, 5.74) is 4.14. The molecule has 0 aliphatic heterocycles. The minimum Gasteiger partial charge on any atom is -0.243 e. The highest BCUT2D eigenvalue weighted by Gasteiger charge is 2.24. The lowest BCUT2D eigenvalue weighted by Gasteiger charge is -2.21. The number of fused-ring (bicyclic) bond motifs is 3. The van der Waals surface area contributed by atoms with Gasteiger partial charge in [0.1, 0.15) is 10.3 Å². The van der Waals surface area contributed by atoms with Crippen molar-refractivity contribution in [2.45, 2.75) is 26.2 Å². The lowest BCUT2D eigenvalue weighted by Crippen LogP contribution is -2.16. The number of hydrogen-bond donors (Lipinski definition) is 0. The molecule has 3 heteroatoms. The predicted molar refractivity (Wildman–Crippen MR) is 99.1 cm³/mol. The largest absolute Gasteiger partial charge is 0.243 e. The second kappa shape index (κ2) is 5.14. The van der Waals surface area contributed by atoms with Gasteiger partial charge in [0.25, 0.3) is 0 Å². The number of nitrogens with zero attached hydrogens (tertiary/aromatic N) is 2. The van der Waals surface area contributed by atoms with Crippen LogP contribution in [0.4, 0.5) is 0 Å². The standard InChI is InChI=1S/C20H18N2S/c1-20(2,3)18-16(13-9-5-4-6-10-13)21-17-14-11-7-8-12-15(14)23-19(17)22-18/h4-12H,1-3H3. The Labute approximate surface area is 139 Å². The van der Waals surface area contributed by atoms with Crippen molar-refractivity contribution in [1.29, 1.82) is 0 Å². The average Bonchev–Trinajstić information content (AvgIpc) is 2.91. The van der Waals surface area contributed by atoms with Crippen molar-refractivity contribution in [3.63, 3.8) is 0 Å². The van der Waals surface area contributed by atoms with Crippen molar-refractivity contribution >= 4 is 31.8 Å². The first kappa shape index (κ1) is 14.3. The monoisotopic (exact) mass is 318 g/mol. The first-order valence-electron chi connectivity index (χ1n) is 7.79. The molecule has 23 heavy (non-hydrogen) atoms. The molecular weight excluding hydrogens is 300 g/mol. The number of hydrogen-bond acceptors (Lipinski definition) is 3. The maximum Gasteiger partial charge on any atom is 0.143 e. The molecule has 2 aromatic carbocycles. The van der Waals surface area contributed by atoms with Gasteiger partial charge in [0.05, 0.1) is 11.4 Å². The lowest BCUT2D eigenvalue weighted by molar-refractivity contribution is 0.571. The van der Waals surface area contributed by atoms with E-state index in [1.165, 1.54) is 10.1 Å². The van der Waals surface area contributed by atoms with E-state index in [0.29, 0.717) is 0 Å². The summed E-state index contributed by atoms with van der Waals surface area (Å²) in [4.78, 5) is 11.1. The smallest absolute Gasteiger partial charge is 0.143 e. The van der Waals surface area contributed by atoms with Crippen molar-refractivity contribution in [2.24, 2.45) is 0 Å². The first-order chi connectivity index (χ1) is 11.0. The van der Waals surface area contributed by atoms with Crippen molar-refractivity contribution in [3.05, 3.63) is 60.3 Å². The van der Waals surface area contributed by atoms with E-state index < -0.39 is 0 Å². The van der Waals surface area contributed by atoms with E-state index >= 15 is 0 Å². The Morgan fingerprint density at radius 2 is 1.52 bits per heavy atom. The third kappa shape index (κ3) is 2.41. The van der Waals surface area contributed by atoms with Gasteiger partial charge in [-0.25, -0.2) is 9.97 Å². The molecule has 4 aromatic rings. The molecule has 0 amide bonds. The Morgan fingerprint density at radius 1 is 0.826 bits per heavy atom. The Bertz CT molecular complexity index is 995. The molecular formula is C20H18N2S. The van der Waals surface area contributed by atoms with Crippen LogP contribution in [0.3, 0.4) is 0 Å². The zero-order valence-corrected chi connectivity index (χ0v) is 14.3. The number of thiophene rings is 1.